The number of carbonyl (C=O) groups is 3. The molecular formula is C27H34Br2N6O4. The number of rotatable bonds is 6. The van der Waals surface area contributed by atoms with E-state index in [-0.39, 0.29) is 30.2 Å². The smallest absolute Gasteiger partial charge is 0.318 e. The minimum absolute atomic E-state index is 0.0163. The maximum Gasteiger partial charge on any atom is 0.318 e. The molecule has 0 unspecified atom stereocenters. The van der Waals surface area contributed by atoms with E-state index in [1.165, 1.54) is 10.5 Å². The lowest BCUT2D eigenvalue weighted by atomic mass is 9.89. The first-order valence-corrected chi connectivity index (χ1v) is 14.7. The van der Waals surface area contributed by atoms with Crippen LogP contribution >= 0.6 is 31.9 Å². The van der Waals surface area contributed by atoms with Gasteiger partial charge in [-0.25, -0.2) is 9.59 Å². The van der Waals surface area contributed by atoms with E-state index < -0.39 is 12.1 Å². The summed E-state index contributed by atoms with van der Waals surface area (Å²) in [6.45, 7) is 2.13. The zero-order chi connectivity index (χ0) is 28.1. The van der Waals surface area contributed by atoms with E-state index in [1.54, 1.807) is 36.5 Å². The minimum atomic E-state index is -0.774. The number of likely N-dealkylation sites (tertiary alicyclic amines) is 2. The summed E-state index contributed by atoms with van der Waals surface area (Å²) in [5.74, 6) is 0.321. The van der Waals surface area contributed by atoms with Crippen LogP contribution in [0.4, 0.5) is 9.59 Å². The van der Waals surface area contributed by atoms with Crippen molar-refractivity contribution in [1.82, 2.24) is 25.0 Å². The Morgan fingerprint density at radius 2 is 1.62 bits per heavy atom. The maximum absolute atomic E-state index is 13.8. The van der Waals surface area contributed by atoms with E-state index in [9.17, 15) is 19.5 Å². The van der Waals surface area contributed by atoms with Gasteiger partial charge in [-0.05, 0) is 98.9 Å². The minimum Gasteiger partial charge on any atom is -0.506 e. The van der Waals surface area contributed by atoms with Crippen molar-refractivity contribution < 1.29 is 19.5 Å². The first-order chi connectivity index (χ1) is 18.6. The lowest BCUT2D eigenvalue weighted by Crippen LogP contribution is -2.56. The van der Waals surface area contributed by atoms with Crippen LogP contribution in [0.5, 0.6) is 5.75 Å². The summed E-state index contributed by atoms with van der Waals surface area (Å²) in [6, 6.07) is 5.98. The van der Waals surface area contributed by atoms with Crippen LogP contribution in [0.15, 0.2) is 45.6 Å². The zero-order valence-electron chi connectivity index (χ0n) is 21.9. The fourth-order valence-corrected chi connectivity index (χ4v) is 6.62. The van der Waals surface area contributed by atoms with Crippen LogP contribution in [-0.2, 0) is 11.2 Å². The van der Waals surface area contributed by atoms with Crippen LogP contribution in [0.25, 0.3) is 0 Å². The number of halogens is 2. The van der Waals surface area contributed by atoms with E-state index in [2.05, 4.69) is 42.2 Å². The molecule has 2 aliphatic rings. The predicted octanol–water partition coefficient (Wildman–Crippen LogP) is 3.81. The number of hydrogen-bond donors (Lipinski definition) is 3. The van der Waals surface area contributed by atoms with Crippen molar-refractivity contribution in [1.29, 1.82) is 0 Å². The molecule has 2 aliphatic heterocycles. The molecule has 39 heavy (non-hydrogen) atoms. The number of aromatic hydroxyl groups is 1. The number of primary amides is 1. The molecule has 2 fully saturated rings. The van der Waals surface area contributed by atoms with Crippen molar-refractivity contribution in [2.75, 3.05) is 33.2 Å². The molecule has 5 amide bonds. The van der Waals surface area contributed by atoms with Crippen molar-refractivity contribution in [3.05, 3.63) is 56.7 Å². The van der Waals surface area contributed by atoms with Gasteiger partial charge in [-0.15, -0.1) is 0 Å². The highest BCUT2D eigenvalue weighted by molar-refractivity contribution is 9.11. The Labute approximate surface area is 245 Å². The highest BCUT2D eigenvalue weighted by Gasteiger charge is 2.33. The third kappa shape index (κ3) is 7.21. The average Bonchev–Trinajstić information content (AvgIpc) is 2.95. The van der Waals surface area contributed by atoms with E-state index in [0.717, 1.165) is 18.4 Å². The van der Waals surface area contributed by atoms with E-state index in [1.807, 2.05) is 17.0 Å². The quantitative estimate of drug-likeness (QED) is 0.432. The molecule has 1 aromatic heterocycles. The van der Waals surface area contributed by atoms with Gasteiger partial charge in [0, 0.05) is 58.1 Å². The lowest BCUT2D eigenvalue weighted by molar-refractivity contribution is -0.134. The van der Waals surface area contributed by atoms with Gasteiger partial charge >= 0.3 is 12.1 Å². The van der Waals surface area contributed by atoms with Gasteiger partial charge in [-0.3, -0.25) is 9.78 Å². The monoisotopic (exact) mass is 664 g/mol. The normalized spacial score (nSPS) is 17.5. The number of urea groups is 2. The van der Waals surface area contributed by atoms with Gasteiger partial charge in [-0.1, -0.05) is 0 Å². The standard InChI is InChI=1S/C27H34Br2N6O4/c1-33(26(30)38)20-6-12-35(13-7-20)27(39)32-23(16-17-14-21(28)24(36)22(29)15-17)25(37)34-10-4-19(5-11-34)18-2-8-31-9-3-18/h2-3,8-9,14-15,19-20,23,36H,4-7,10-13,16H2,1H3,(H2,30,38)(H,32,39)/t23-/m1/s1. The molecule has 0 bridgehead atoms. The predicted molar refractivity (Wildman–Crippen MR) is 154 cm³/mol. The molecule has 4 rings (SSSR count). The molecule has 2 aromatic rings. The number of aromatic nitrogens is 1. The second-order valence-corrected chi connectivity index (χ2v) is 11.9. The number of hydrogen-bond acceptors (Lipinski definition) is 5. The summed E-state index contributed by atoms with van der Waals surface area (Å²) in [6.07, 6.45) is 6.77. The number of nitrogens with two attached hydrogens (primary N) is 1. The number of phenols is 1. The van der Waals surface area contributed by atoms with Gasteiger partial charge in [-0.2, -0.15) is 0 Å². The van der Waals surface area contributed by atoms with E-state index >= 15 is 0 Å². The molecule has 12 heteroatoms. The fraction of sp³-hybridized carbons (Fsp3) is 0.481. The van der Waals surface area contributed by atoms with Crippen LogP contribution in [-0.4, -0.2) is 88.1 Å². The molecule has 1 aromatic carbocycles. The summed E-state index contributed by atoms with van der Waals surface area (Å²) in [4.78, 5) is 47.7. The van der Waals surface area contributed by atoms with Gasteiger partial charge in [0.1, 0.15) is 11.8 Å². The number of phenolic OH excluding ortho intramolecular Hbond substituents is 1. The second kappa shape index (κ2) is 13.0. The van der Waals surface area contributed by atoms with Crippen molar-refractivity contribution in [3.8, 4) is 5.75 Å². The van der Waals surface area contributed by atoms with Gasteiger partial charge in [0.15, 0.2) is 0 Å². The highest BCUT2D eigenvalue weighted by atomic mass is 79.9. The van der Waals surface area contributed by atoms with Crippen LogP contribution < -0.4 is 11.1 Å². The highest BCUT2D eigenvalue weighted by Crippen LogP contribution is 2.34. The molecule has 4 N–H and O–H groups in total. The Bertz CT molecular complexity index is 1160. The number of pyridine rings is 1. The maximum atomic E-state index is 13.8. The largest absolute Gasteiger partial charge is 0.506 e. The molecule has 210 valence electrons. The van der Waals surface area contributed by atoms with Crippen LogP contribution in [0.2, 0.25) is 0 Å². The molecule has 0 radical (unpaired) electrons. The Morgan fingerprint density at radius 1 is 1.05 bits per heavy atom. The number of piperidine rings is 2. The summed E-state index contributed by atoms with van der Waals surface area (Å²) in [5.41, 5.74) is 7.42. The number of amides is 5. The molecule has 2 saturated heterocycles. The number of carbonyl (C=O) groups excluding carboxylic acids is 3. The van der Waals surface area contributed by atoms with Crippen molar-refractivity contribution in [3.63, 3.8) is 0 Å². The van der Waals surface area contributed by atoms with Gasteiger partial charge < -0.3 is 30.9 Å². The zero-order valence-corrected chi connectivity index (χ0v) is 25.0. The molecule has 0 saturated carbocycles. The summed E-state index contributed by atoms with van der Waals surface area (Å²) in [7, 11) is 1.67. The number of nitrogens with zero attached hydrogens (tertiary/aromatic N) is 4. The first-order valence-electron chi connectivity index (χ1n) is 13.1. The number of nitrogens with one attached hydrogen (secondary N) is 1. The van der Waals surface area contributed by atoms with E-state index in [4.69, 9.17) is 5.73 Å². The third-order valence-corrected chi connectivity index (χ3v) is 8.95. The fourth-order valence-electron chi connectivity index (χ4n) is 5.34. The van der Waals surface area contributed by atoms with Crippen LogP contribution in [0.3, 0.4) is 0 Å². The van der Waals surface area contributed by atoms with Crippen LogP contribution in [0, 0.1) is 0 Å². The van der Waals surface area contributed by atoms with Gasteiger partial charge in [0.25, 0.3) is 0 Å². The summed E-state index contributed by atoms with van der Waals surface area (Å²) < 4.78 is 1.01. The Morgan fingerprint density at radius 3 is 2.18 bits per heavy atom. The Hall–Kier alpha value is -2.86. The molecule has 10 nitrogen and oxygen atoms in total. The third-order valence-electron chi connectivity index (χ3n) is 7.74. The second-order valence-electron chi connectivity index (χ2n) is 10.2. The average molecular weight is 666 g/mol. The molecule has 0 spiro atoms. The molecule has 0 aliphatic carbocycles. The van der Waals surface area contributed by atoms with Gasteiger partial charge in [0.2, 0.25) is 5.91 Å². The lowest BCUT2D eigenvalue weighted by Gasteiger charge is -2.37. The molecular weight excluding hydrogens is 632 g/mol. The van der Waals surface area contributed by atoms with Crippen molar-refractivity contribution in [2.45, 2.75) is 50.1 Å². The topological polar surface area (TPSA) is 132 Å². The van der Waals surface area contributed by atoms with Crippen molar-refractivity contribution >= 4 is 49.8 Å². The molecule has 3 heterocycles. The molecule has 1 atom stereocenters. The Kier molecular flexibility index (Phi) is 9.71. The summed E-state index contributed by atoms with van der Waals surface area (Å²) in [5, 5.41) is 13.1. The van der Waals surface area contributed by atoms with E-state index in [0.29, 0.717) is 53.9 Å². The first kappa shape index (κ1) is 29.1. The SMILES string of the molecule is CN(C(N)=O)C1CCN(C(=O)N[C@H](Cc2cc(Br)c(O)c(Br)c2)C(=O)N2CCC(c3ccncc3)CC2)CC1. The summed E-state index contributed by atoms with van der Waals surface area (Å²) >= 11 is 6.72. The number of benzene rings is 1. The Balaban J connectivity index is 1.45. The van der Waals surface area contributed by atoms with Gasteiger partial charge in [0.05, 0.1) is 8.95 Å². The van der Waals surface area contributed by atoms with Crippen molar-refractivity contribution in [2.24, 2.45) is 5.73 Å². The van der Waals surface area contributed by atoms with Crippen LogP contribution in [0.1, 0.15) is 42.7 Å².